The van der Waals surface area contributed by atoms with Crippen molar-refractivity contribution in [1.29, 1.82) is 0 Å². The fourth-order valence-corrected chi connectivity index (χ4v) is 4.39. The van der Waals surface area contributed by atoms with Crippen molar-refractivity contribution in [1.82, 2.24) is 4.72 Å². The van der Waals surface area contributed by atoms with Crippen LogP contribution >= 0.6 is 15.9 Å². The average molecular weight is 363 g/mol. The van der Waals surface area contributed by atoms with Crippen molar-refractivity contribution in [3.63, 3.8) is 0 Å². The van der Waals surface area contributed by atoms with Crippen molar-refractivity contribution in [2.24, 2.45) is 5.92 Å². The predicted molar refractivity (Wildman–Crippen MR) is 87.1 cm³/mol. The Morgan fingerprint density at radius 2 is 1.85 bits per heavy atom. The van der Waals surface area contributed by atoms with Crippen LogP contribution in [0.15, 0.2) is 21.5 Å². The van der Waals surface area contributed by atoms with Crippen molar-refractivity contribution in [3.8, 4) is 0 Å². The van der Waals surface area contributed by atoms with Crippen LogP contribution < -0.4 is 10.5 Å². The van der Waals surface area contributed by atoms with E-state index in [0.717, 1.165) is 12.8 Å². The quantitative estimate of drug-likeness (QED) is 0.761. The van der Waals surface area contributed by atoms with E-state index in [2.05, 4.69) is 34.5 Å². The van der Waals surface area contributed by atoms with E-state index in [1.54, 1.807) is 13.0 Å². The standard InChI is InChI=1S/C14H23BrN2O2S/c1-5-11(6-2)10(4)17-20(18,19)14-8-13(16)12(15)7-9(14)3/h7-8,10-11,17H,5-6,16H2,1-4H3. The van der Waals surface area contributed by atoms with Gasteiger partial charge in [-0.3, -0.25) is 0 Å². The van der Waals surface area contributed by atoms with Gasteiger partial charge in [-0.25, -0.2) is 13.1 Å². The van der Waals surface area contributed by atoms with Gasteiger partial charge in [0.1, 0.15) is 0 Å². The van der Waals surface area contributed by atoms with Crippen LogP contribution in [0.1, 0.15) is 39.2 Å². The smallest absolute Gasteiger partial charge is 0.241 e. The first-order valence-electron chi connectivity index (χ1n) is 6.80. The summed E-state index contributed by atoms with van der Waals surface area (Å²) in [6.07, 6.45) is 1.89. The minimum atomic E-state index is -3.55. The minimum Gasteiger partial charge on any atom is -0.398 e. The molecule has 1 aromatic rings. The molecular formula is C14H23BrN2O2S. The summed E-state index contributed by atoms with van der Waals surface area (Å²) in [6, 6.07) is 3.13. The van der Waals surface area contributed by atoms with Crippen LogP contribution in [0.2, 0.25) is 0 Å². The highest BCUT2D eigenvalue weighted by Gasteiger charge is 2.23. The SMILES string of the molecule is CCC(CC)C(C)NS(=O)(=O)c1cc(N)c(Br)cc1C. The molecule has 0 aliphatic carbocycles. The van der Waals surface area contributed by atoms with Gasteiger partial charge in [-0.1, -0.05) is 26.7 Å². The van der Waals surface area contributed by atoms with Crippen LogP contribution in [0.4, 0.5) is 5.69 Å². The summed E-state index contributed by atoms with van der Waals surface area (Å²) in [4.78, 5) is 0.246. The van der Waals surface area contributed by atoms with Gasteiger partial charge >= 0.3 is 0 Å². The number of nitrogen functional groups attached to an aromatic ring is 1. The lowest BCUT2D eigenvalue weighted by Crippen LogP contribution is -2.38. The number of halogens is 1. The molecule has 0 heterocycles. The number of benzene rings is 1. The van der Waals surface area contributed by atoms with Crippen LogP contribution in [-0.4, -0.2) is 14.5 Å². The highest BCUT2D eigenvalue weighted by molar-refractivity contribution is 9.10. The van der Waals surface area contributed by atoms with E-state index in [-0.39, 0.29) is 10.9 Å². The molecule has 1 rings (SSSR count). The summed E-state index contributed by atoms with van der Waals surface area (Å²) in [5.74, 6) is 0.331. The second-order valence-electron chi connectivity index (χ2n) is 5.13. The fraction of sp³-hybridized carbons (Fsp3) is 0.571. The highest BCUT2D eigenvalue weighted by Crippen LogP contribution is 2.27. The van der Waals surface area contributed by atoms with Gasteiger partial charge in [-0.2, -0.15) is 0 Å². The first kappa shape index (κ1) is 17.5. The third kappa shape index (κ3) is 3.96. The Morgan fingerprint density at radius 3 is 2.35 bits per heavy atom. The molecule has 0 aromatic heterocycles. The molecule has 0 saturated carbocycles. The molecule has 0 spiro atoms. The summed E-state index contributed by atoms with van der Waals surface area (Å²) < 4.78 is 28.4. The molecule has 20 heavy (non-hydrogen) atoms. The number of hydrogen-bond acceptors (Lipinski definition) is 3. The number of nitrogens with two attached hydrogens (primary N) is 1. The van der Waals surface area contributed by atoms with Gasteiger partial charge in [0.25, 0.3) is 0 Å². The second kappa shape index (κ2) is 6.91. The van der Waals surface area contributed by atoms with Crippen LogP contribution in [0.25, 0.3) is 0 Å². The molecule has 0 bridgehead atoms. The molecule has 0 amide bonds. The van der Waals surface area contributed by atoms with E-state index in [9.17, 15) is 8.42 Å². The zero-order chi connectivity index (χ0) is 15.5. The summed E-state index contributed by atoms with van der Waals surface area (Å²) >= 11 is 3.30. The van der Waals surface area contributed by atoms with E-state index in [4.69, 9.17) is 5.73 Å². The minimum absolute atomic E-state index is 0.0979. The van der Waals surface area contributed by atoms with Gasteiger partial charge in [-0.05, 0) is 53.4 Å². The number of anilines is 1. The number of rotatable bonds is 6. The van der Waals surface area contributed by atoms with Crippen molar-refractivity contribution in [2.45, 2.75) is 51.5 Å². The van der Waals surface area contributed by atoms with Crippen molar-refractivity contribution < 1.29 is 8.42 Å². The van der Waals surface area contributed by atoms with Crippen LogP contribution in [0, 0.1) is 12.8 Å². The lowest BCUT2D eigenvalue weighted by molar-refractivity contribution is 0.390. The molecule has 1 unspecified atom stereocenters. The number of aryl methyl sites for hydroxylation is 1. The summed E-state index contributed by atoms with van der Waals surface area (Å²) in [7, 11) is -3.55. The number of hydrogen-bond donors (Lipinski definition) is 2. The first-order chi connectivity index (χ1) is 9.22. The number of sulfonamides is 1. The van der Waals surface area contributed by atoms with Gasteiger partial charge in [0.15, 0.2) is 0 Å². The normalized spacial score (nSPS) is 13.7. The monoisotopic (exact) mass is 362 g/mol. The third-order valence-electron chi connectivity index (χ3n) is 3.68. The van der Waals surface area contributed by atoms with E-state index in [1.807, 2.05) is 6.92 Å². The average Bonchev–Trinajstić information content (AvgIpc) is 2.34. The fourth-order valence-electron chi connectivity index (χ4n) is 2.36. The Morgan fingerprint density at radius 1 is 1.30 bits per heavy atom. The third-order valence-corrected chi connectivity index (χ3v) is 6.07. The Kier molecular flexibility index (Phi) is 6.04. The Bertz CT molecular complexity index is 569. The van der Waals surface area contributed by atoms with E-state index in [0.29, 0.717) is 21.6 Å². The maximum Gasteiger partial charge on any atom is 0.241 e. The van der Waals surface area contributed by atoms with Gasteiger partial charge in [-0.15, -0.1) is 0 Å². The Hall–Kier alpha value is -0.590. The maximum absolute atomic E-state index is 12.5. The second-order valence-corrected chi connectivity index (χ2v) is 7.66. The van der Waals surface area contributed by atoms with Crippen molar-refractivity contribution >= 4 is 31.6 Å². The Labute approximate surface area is 130 Å². The summed E-state index contributed by atoms with van der Waals surface area (Å²) in [5, 5.41) is 0. The first-order valence-corrected chi connectivity index (χ1v) is 9.08. The van der Waals surface area contributed by atoms with Crippen molar-refractivity contribution in [2.75, 3.05) is 5.73 Å². The largest absolute Gasteiger partial charge is 0.398 e. The molecule has 1 atom stereocenters. The van der Waals surface area contributed by atoms with E-state index >= 15 is 0 Å². The maximum atomic E-state index is 12.5. The van der Waals surface area contributed by atoms with Crippen molar-refractivity contribution in [3.05, 3.63) is 22.2 Å². The molecule has 0 aliphatic rings. The molecular weight excluding hydrogens is 340 g/mol. The predicted octanol–water partition coefficient (Wildman–Crippen LogP) is 3.44. The molecule has 0 fully saturated rings. The lowest BCUT2D eigenvalue weighted by atomic mass is 9.96. The summed E-state index contributed by atoms with van der Waals surface area (Å²) in [5.41, 5.74) is 6.89. The molecule has 0 saturated heterocycles. The molecule has 4 nitrogen and oxygen atoms in total. The van der Waals surface area contributed by atoms with E-state index < -0.39 is 10.0 Å². The van der Waals surface area contributed by atoms with Gasteiger partial charge < -0.3 is 5.73 Å². The topological polar surface area (TPSA) is 72.2 Å². The number of nitrogens with one attached hydrogen (secondary N) is 1. The molecule has 0 radical (unpaired) electrons. The van der Waals surface area contributed by atoms with E-state index in [1.165, 1.54) is 6.07 Å². The molecule has 0 aliphatic heterocycles. The highest BCUT2D eigenvalue weighted by atomic mass is 79.9. The zero-order valence-electron chi connectivity index (χ0n) is 12.4. The molecule has 3 N–H and O–H groups in total. The summed E-state index contributed by atoms with van der Waals surface area (Å²) in [6.45, 7) is 7.82. The lowest BCUT2D eigenvalue weighted by Gasteiger charge is -2.23. The van der Waals surface area contributed by atoms with Crippen LogP contribution in [-0.2, 0) is 10.0 Å². The zero-order valence-corrected chi connectivity index (χ0v) is 14.8. The van der Waals surface area contributed by atoms with Gasteiger partial charge in [0.05, 0.1) is 4.90 Å². The molecule has 1 aromatic carbocycles. The van der Waals surface area contributed by atoms with Gasteiger partial charge in [0.2, 0.25) is 10.0 Å². The molecule has 114 valence electrons. The van der Waals surface area contributed by atoms with Crippen LogP contribution in [0.5, 0.6) is 0 Å². The Balaban J connectivity index is 3.09. The molecule has 6 heteroatoms. The van der Waals surface area contributed by atoms with Crippen LogP contribution in [0.3, 0.4) is 0 Å². The van der Waals surface area contributed by atoms with Gasteiger partial charge in [0, 0.05) is 16.2 Å².